The van der Waals surface area contributed by atoms with Crippen LogP contribution in [0.4, 0.5) is 0 Å². The minimum Gasteiger partial charge on any atom is -0.339 e. The fourth-order valence-corrected chi connectivity index (χ4v) is 2.62. The number of nitrogens with one attached hydrogen (secondary N) is 1. The maximum Gasteiger partial charge on any atom is 0.228 e. The number of thiophene rings is 1. The molecule has 1 aliphatic rings. The van der Waals surface area contributed by atoms with Crippen molar-refractivity contribution in [3.05, 3.63) is 22.7 Å². The summed E-state index contributed by atoms with van der Waals surface area (Å²) in [4.78, 5) is 4.41. The Bertz CT molecular complexity index is 451. The lowest BCUT2D eigenvalue weighted by atomic mass is 10.1. The van der Waals surface area contributed by atoms with Crippen molar-refractivity contribution in [2.75, 3.05) is 6.54 Å². The van der Waals surface area contributed by atoms with E-state index in [4.69, 9.17) is 4.52 Å². The van der Waals surface area contributed by atoms with E-state index in [1.807, 2.05) is 16.8 Å². The number of hydrogen-bond donors (Lipinski definition) is 1. The first-order chi connectivity index (χ1) is 7.92. The third kappa shape index (κ3) is 2.86. The molecule has 0 saturated carbocycles. The Morgan fingerprint density at radius 1 is 1.53 bits per heavy atom. The first-order valence-electron chi connectivity index (χ1n) is 5.50. The van der Waals surface area contributed by atoms with Crippen LogP contribution < -0.4 is 5.32 Å². The van der Waals surface area contributed by atoms with Crippen LogP contribution in [-0.4, -0.2) is 22.7 Å². The Morgan fingerprint density at radius 3 is 3.18 bits per heavy atom. The summed E-state index contributed by atoms with van der Waals surface area (Å²) < 4.78 is 5.25. The summed E-state index contributed by atoms with van der Waals surface area (Å²) in [5, 5.41) is 11.5. The summed E-state index contributed by atoms with van der Waals surface area (Å²) in [5.41, 5.74) is 1.04. The van der Waals surface area contributed by atoms with E-state index in [0.717, 1.165) is 24.4 Å². The van der Waals surface area contributed by atoms with Crippen molar-refractivity contribution in [2.45, 2.75) is 25.3 Å². The van der Waals surface area contributed by atoms with Gasteiger partial charge < -0.3 is 9.84 Å². The van der Waals surface area contributed by atoms with Gasteiger partial charge in [0.05, 0.1) is 0 Å². The van der Waals surface area contributed by atoms with Gasteiger partial charge in [-0.15, -0.1) is 12.4 Å². The van der Waals surface area contributed by atoms with Gasteiger partial charge in [-0.3, -0.25) is 0 Å². The van der Waals surface area contributed by atoms with Crippen LogP contribution in [0, 0.1) is 0 Å². The van der Waals surface area contributed by atoms with Gasteiger partial charge in [-0.2, -0.15) is 16.3 Å². The van der Waals surface area contributed by atoms with E-state index >= 15 is 0 Å². The van der Waals surface area contributed by atoms with Crippen molar-refractivity contribution in [3.63, 3.8) is 0 Å². The van der Waals surface area contributed by atoms with E-state index in [1.54, 1.807) is 11.3 Å². The number of rotatable bonds is 3. The molecule has 0 bridgehead atoms. The quantitative estimate of drug-likeness (QED) is 0.932. The van der Waals surface area contributed by atoms with Gasteiger partial charge in [-0.25, -0.2) is 0 Å². The summed E-state index contributed by atoms with van der Waals surface area (Å²) >= 11 is 1.64. The lowest BCUT2D eigenvalue weighted by Gasteiger charge is -2.04. The van der Waals surface area contributed by atoms with Gasteiger partial charge in [-0.1, -0.05) is 5.16 Å². The fraction of sp³-hybridized carbons (Fsp3) is 0.455. The average Bonchev–Trinajstić information content (AvgIpc) is 2.99. The van der Waals surface area contributed by atoms with Crippen LogP contribution in [0.2, 0.25) is 0 Å². The van der Waals surface area contributed by atoms with Crippen LogP contribution in [0.15, 0.2) is 21.3 Å². The molecule has 0 amide bonds. The van der Waals surface area contributed by atoms with Crippen molar-refractivity contribution in [1.82, 2.24) is 15.5 Å². The Kier molecular flexibility index (Phi) is 4.15. The molecule has 3 heterocycles. The highest BCUT2D eigenvalue weighted by molar-refractivity contribution is 7.08. The molecule has 1 saturated heterocycles. The number of aromatic nitrogens is 2. The summed E-state index contributed by atoms with van der Waals surface area (Å²) in [6.45, 7) is 1.11. The van der Waals surface area contributed by atoms with Gasteiger partial charge in [0.15, 0.2) is 0 Å². The minimum absolute atomic E-state index is 0. The molecule has 2 aromatic rings. The van der Waals surface area contributed by atoms with Gasteiger partial charge >= 0.3 is 0 Å². The van der Waals surface area contributed by atoms with Crippen molar-refractivity contribution in [2.24, 2.45) is 0 Å². The lowest BCUT2D eigenvalue weighted by Crippen LogP contribution is -2.23. The van der Waals surface area contributed by atoms with Gasteiger partial charge in [0, 0.05) is 23.4 Å². The normalized spacial score (nSPS) is 19.2. The van der Waals surface area contributed by atoms with E-state index in [1.165, 1.54) is 12.8 Å². The largest absolute Gasteiger partial charge is 0.339 e. The van der Waals surface area contributed by atoms with Crippen LogP contribution in [-0.2, 0) is 6.42 Å². The van der Waals surface area contributed by atoms with Crippen LogP contribution in [0.25, 0.3) is 11.4 Å². The molecule has 1 atom stereocenters. The Labute approximate surface area is 110 Å². The van der Waals surface area contributed by atoms with Crippen molar-refractivity contribution in [1.29, 1.82) is 0 Å². The van der Waals surface area contributed by atoms with E-state index in [0.29, 0.717) is 11.9 Å². The number of halogens is 1. The zero-order chi connectivity index (χ0) is 10.8. The highest BCUT2D eigenvalue weighted by Crippen LogP contribution is 2.19. The summed E-state index contributed by atoms with van der Waals surface area (Å²) in [7, 11) is 0. The highest BCUT2D eigenvalue weighted by atomic mass is 35.5. The van der Waals surface area contributed by atoms with Gasteiger partial charge in [-0.05, 0) is 30.8 Å². The summed E-state index contributed by atoms with van der Waals surface area (Å²) in [6.07, 6.45) is 3.30. The molecule has 2 aromatic heterocycles. The van der Waals surface area contributed by atoms with Gasteiger partial charge in [0.25, 0.3) is 0 Å². The molecular formula is C11H14ClN3OS. The van der Waals surface area contributed by atoms with E-state index in [-0.39, 0.29) is 12.4 Å². The van der Waals surface area contributed by atoms with E-state index in [2.05, 4.69) is 15.5 Å². The monoisotopic (exact) mass is 271 g/mol. The Hall–Kier alpha value is -0.910. The molecule has 3 rings (SSSR count). The molecule has 92 valence electrons. The molecule has 0 radical (unpaired) electrons. The molecule has 0 spiro atoms. The predicted molar refractivity (Wildman–Crippen MR) is 69.6 cm³/mol. The zero-order valence-corrected chi connectivity index (χ0v) is 10.9. The van der Waals surface area contributed by atoms with Crippen molar-refractivity contribution < 1.29 is 4.52 Å². The molecule has 1 fully saturated rings. The zero-order valence-electron chi connectivity index (χ0n) is 9.26. The standard InChI is InChI=1S/C11H13N3OS.ClH/c1-2-9(12-4-1)6-10-13-11(14-15-10)8-3-5-16-7-8;/h3,5,7,9,12H,1-2,4,6H2;1H. The average molecular weight is 272 g/mol. The molecule has 1 unspecified atom stereocenters. The van der Waals surface area contributed by atoms with Crippen molar-refractivity contribution in [3.8, 4) is 11.4 Å². The minimum atomic E-state index is 0. The Balaban J connectivity index is 0.00000108. The SMILES string of the molecule is Cl.c1cc(-c2noc(CC3CCCN3)n2)cs1. The lowest BCUT2D eigenvalue weighted by molar-refractivity contribution is 0.364. The van der Waals surface area contributed by atoms with Crippen LogP contribution >= 0.6 is 23.7 Å². The molecular weight excluding hydrogens is 258 g/mol. The fourth-order valence-electron chi connectivity index (χ4n) is 1.99. The molecule has 6 heteroatoms. The topological polar surface area (TPSA) is 51.0 Å². The smallest absolute Gasteiger partial charge is 0.228 e. The van der Waals surface area contributed by atoms with E-state index in [9.17, 15) is 0 Å². The third-order valence-corrected chi connectivity index (χ3v) is 3.51. The number of nitrogens with zero attached hydrogens (tertiary/aromatic N) is 2. The van der Waals surface area contributed by atoms with Gasteiger partial charge in [0.2, 0.25) is 11.7 Å². The first kappa shape index (κ1) is 12.5. The molecule has 4 nitrogen and oxygen atoms in total. The van der Waals surface area contributed by atoms with Crippen LogP contribution in [0.1, 0.15) is 18.7 Å². The first-order valence-corrected chi connectivity index (χ1v) is 6.44. The Morgan fingerprint density at radius 2 is 2.47 bits per heavy atom. The third-order valence-electron chi connectivity index (χ3n) is 2.83. The second-order valence-electron chi connectivity index (χ2n) is 4.02. The molecule has 0 aromatic carbocycles. The summed E-state index contributed by atoms with van der Waals surface area (Å²) in [6, 6.07) is 2.52. The molecule has 1 aliphatic heterocycles. The summed E-state index contributed by atoms with van der Waals surface area (Å²) in [5.74, 6) is 1.44. The number of hydrogen-bond acceptors (Lipinski definition) is 5. The predicted octanol–water partition coefficient (Wildman–Crippen LogP) is 2.51. The maximum absolute atomic E-state index is 5.25. The van der Waals surface area contributed by atoms with Gasteiger partial charge in [0.1, 0.15) is 0 Å². The van der Waals surface area contributed by atoms with Crippen LogP contribution in [0.3, 0.4) is 0 Å². The van der Waals surface area contributed by atoms with E-state index < -0.39 is 0 Å². The molecule has 0 aliphatic carbocycles. The molecule has 1 N–H and O–H groups in total. The highest BCUT2D eigenvalue weighted by Gasteiger charge is 2.18. The molecule has 17 heavy (non-hydrogen) atoms. The maximum atomic E-state index is 5.25. The second-order valence-corrected chi connectivity index (χ2v) is 4.80. The van der Waals surface area contributed by atoms with Crippen LogP contribution in [0.5, 0.6) is 0 Å². The second kappa shape index (κ2) is 5.62. The van der Waals surface area contributed by atoms with Crippen molar-refractivity contribution >= 4 is 23.7 Å².